The van der Waals surface area contributed by atoms with Gasteiger partial charge in [-0.3, -0.25) is 14.5 Å². The summed E-state index contributed by atoms with van der Waals surface area (Å²) in [6, 6.07) is 20.7. The third-order valence-corrected chi connectivity index (χ3v) is 7.51. The number of hydrogen-bond acceptors (Lipinski definition) is 6. The van der Waals surface area contributed by atoms with Crippen LogP contribution in [0.2, 0.25) is 0 Å². The van der Waals surface area contributed by atoms with Crippen LogP contribution in [0.15, 0.2) is 84.1 Å². The molecule has 1 amide bonds. The summed E-state index contributed by atoms with van der Waals surface area (Å²) in [5.41, 5.74) is 4.40. The van der Waals surface area contributed by atoms with E-state index in [0.717, 1.165) is 16.7 Å². The lowest BCUT2D eigenvalue weighted by molar-refractivity contribution is -0.117. The molecule has 1 aromatic heterocycles. The minimum Gasteiger partial charge on any atom is -0.508 e. The Hall–Kier alpha value is -4.23. The van der Waals surface area contributed by atoms with Crippen molar-refractivity contribution in [2.75, 3.05) is 4.90 Å². The van der Waals surface area contributed by atoms with Crippen LogP contribution in [0.25, 0.3) is 10.6 Å². The highest BCUT2D eigenvalue weighted by Gasteiger charge is 2.45. The van der Waals surface area contributed by atoms with Crippen LogP contribution in [0.1, 0.15) is 38.1 Å². The third kappa shape index (κ3) is 3.97. The molecule has 1 unspecified atom stereocenters. The molecule has 0 saturated carbocycles. The number of aryl methyl sites for hydroxylation is 3. The molecule has 2 N–H and O–H groups in total. The summed E-state index contributed by atoms with van der Waals surface area (Å²) >= 11 is 1.24. The molecule has 0 spiro atoms. The molecule has 3 aromatic carbocycles. The molecule has 6 nitrogen and oxygen atoms in total. The van der Waals surface area contributed by atoms with Crippen molar-refractivity contribution in [3.05, 3.63) is 111 Å². The molecule has 5 rings (SSSR count). The molecule has 0 fully saturated rings. The first-order valence-corrected chi connectivity index (χ1v) is 12.3. The number of phenolic OH excluding ortho intramolecular Hbond substituents is 1. The number of aromatic hydroxyl groups is 1. The van der Waals surface area contributed by atoms with Gasteiger partial charge in [0.15, 0.2) is 5.76 Å². The van der Waals surface area contributed by atoms with Crippen LogP contribution in [0.5, 0.6) is 5.75 Å². The van der Waals surface area contributed by atoms with Crippen molar-refractivity contribution in [1.29, 1.82) is 0 Å². The Bertz CT molecular complexity index is 1520. The van der Waals surface area contributed by atoms with Gasteiger partial charge in [-0.1, -0.05) is 54.6 Å². The topological polar surface area (TPSA) is 90.7 Å². The number of carbonyl (C=O) groups is 2. The number of aliphatic hydroxyl groups excluding tert-OH is 1. The fourth-order valence-corrected chi connectivity index (χ4v) is 5.50. The van der Waals surface area contributed by atoms with E-state index in [-0.39, 0.29) is 11.3 Å². The normalized spacial score (nSPS) is 15.6. The van der Waals surface area contributed by atoms with Gasteiger partial charge in [-0.15, -0.1) is 11.3 Å². The van der Waals surface area contributed by atoms with Crippen molar-refractivity contribution in [3.63, 3.8) is 0 Å². The largest absolute Gasteiger partial charge is 0.508 e. The van der Waals surface area contributed by atoms with Crippen LogP contribution >= 0.6 is 11.3 Å². The Morgan fingerprint density at radius 1 is 0.944 bits per heavy atom. The van der Waals surface area contributed by atoms with Crippen LogP contribution in [0.4, 0.5) is 5.69 Å². The molecule has 0 aliphatic carbocycles. The van der Waals surface area contributed by atoms with Crippen molar-refractivity contribution in [2.45, 2.75) is 26.8 Å². The van der Waals surface area contributed by atoms with Gasteiger partial charge in [0.1, 0.15) is 10.8 Å². The first-order valence-electron chi connectivity index (χ1n) is 11.5. The number of nitrogens with zero attached hydrogens (tertiary/aromatic N) is 2. The van der Waals surface area contributed by atoms with Crippen molar-refractivity contribution in [2.24, 2.45) is 0 Å². The predicted molar refractivity (Wildman–Crippen MR) is 141 cm³/mol. The smallest absolute Gasteiger partial charge is 0.294 e. The number of rotatable bonds is 5. The summed E-state index contributed by atoms with van der Waals surface area (Å²) in [7, 11) is 0. The zero-order chi connectivity index (χ0) is 25.6. The van der Waals surface area contributed by atoms with E-state index in [1.54, 1.807) is 19.1 Å². The van der Waals surface area contributed by atoms with Crippen LogP contribution in [0, 0.1) is 20.8 Å². The zero-order valence-corrected chi connectivity index (χ0v) is 20.8. The van der Waals surface area contributed by atoms with Crippen LogP contribution in [0.3, 0.4) is 0 Å². The van der Waals surface area contributed by atoms with E-state index in [2.05, 4.69) is 4.98 Å². The number of aliphatic hydroxyl groups is 1. The number of hydrogen-bond donors (Lipinski definition) is 2. The highest BCUT2D eigenvalue weighted by molar-refractivity contribution is 7.17. The summed E-state index contributed by atoms with van der Waals surface area (Å²) in [6.07, 6.45) is 0. The van der Waals surface area contributed by atoms with Crippen LogP contribution in [-0.2, 0) is 4.79 Å². The van der Waals surface area contributed by atoms with Gasteiger partial charge in [0.05, 0.1) is 22.2 Å². The van der Waals surface area contributed by atoms with Crippen molar-refractivity contribution in [1.82, 2.24) is 4.98 Å². The number of thiazole rings is 1. The summed E-state index contributed by atoms with van der Waals surface area (Å²) in [4.78, 5) is 33.9. The summed E-state index contributed by atoms with van der Waals surface area (Å²) < 4.78 is 0. The van der Waals surface area contributed by atoms with E-state index in [1.807, 2.05) is 62.4 Å². The average Bonchev–Trinajstić information content (AvgIpc) is 3.39. The number of anilines is 1. The Labute approximate surface area is 212 Å². The van der Waals surface area contributed by atoms with Gasteiger partial charge in [-0.25, -0.2) is 4.98 Å². The van der Waals surface area contributed by atoms with Gasteiger partial charge in [0.2, 0.25) is 5.78 Å². The number of phenols is 1. The molecule has 0 radical (unpaired) electrons. The van der Waals surface area contributed by atoms with E-state index in [0.29, 0.717) is 26.8 Å². The molecule has 0 bridgehead atoms. The van der Waals surface area contributed by atoms with Crippen LogP contribution in [-0.4, -0.2) is 26.9 Å². The van der Waals surface area contributed by atoms with E-state index in [4.69, 9.17) is 0 Å². The molecule has 4 aromatic rings. The highest BCUT2D eigenvalue weighted by Crippen LogP contribution is 2.44. The molecular weight excluding hydrogens is 472 g/mol. The molecule has 36 heavy (non-hydrogen) atoms. The number of Topliss-reactive ketones (excluding diaryl/α,β-unsaturated/α-hetero) is 1. The molecule has 180 valence electrons. The Balaban J connectivity index is 1.66. The van der Waals surface area contributed by atoms with E-state index < -0.39 is 23.5 Å². The summed E-state index contributed by atoms with van der Waals surface area (Å²) in [6.45, 7) is 5.55. The van der Waals surface area contributed by atoms with Crippen molar-refractivity contribution >= 4 is 28.7 Å². The fraction of sp³-hybridized carbons (Fsp3) is 0.138. The van der Waals surface area contributed by atoms with Gasteiger partial charge >= 0.3 is 0 Å². The zero-order valence-electron chi connectivity index (χ0n) is 20.0. The first kappa shape index (κ1) is 23.5. The van der Waals surface area contributed by atoms with Gasteiger partial charge in [0.25, 0.3) is 5.91 Å². The number of amides is 1. The summed E-state index contributed by atoms with van der Waals surface area (Å²) in [5, 5.41) is 21.6. The second kappa shape index (κ2) is 9.09. The Morgan fingerprint density at radius 3 is 2.33 bits per heavy atom. The average molecular weight is 497 g/mol. The maximum absolute atomic E-state index is 14.0. The second-order valence-corrected chi connectivity index (χ2v) is 9.85. The predicted octanol–water partition coefficient (Wildman–Crippen LogP) is 6.22. The standard InChI is InChI=1S/C29H24N2O4S/c1-16-9-10-17(2)22(15-16)31-24(19-11-13-21(32)14-12-19)23(26(34)29(31)35)25(33)27-18(3)30-28(36-27)20-7-5-4-6-8-20/h4-15,24,32,34H,1-3H3. The Kier molecular flexibility index (Phi) is 5.94. The lowest BCUT2D eigenvalue weighted by Crippen LogP contribution is -2.31. The number of ketones is 1. The SMILES string of the molecule is Cc1ccc(C)c(N2C(=O)C(O)=C(C(=O)c3sc(-c4ccccc4)nc3C)C2c2ccc(O)cc2)c1. The number of aromatic nitrogens is 1. The molecule has 1 aliphatic heterocycles. The third-order valence-electron chi connectivity index (χ3n) is 6.31. The van der Waals surface area contributed by atoms with Crippen molar-refractivity contribution < 1.29 is 19.8 Å². The Morgan fingerprint density at radius 2 is 1.64 bits per heavy atom. The molecule has 1 aliphatic rings. The number of benzene rings is 3. The maximum atomic E-state index is 14.0. The molecule has 1 atom stereocenters. The summed E-state index contributed by atoms with van der Waals surface area (Å²) in [5.74, 6) is -1.60. The van der Waals surface area contributed by atoms with E-state index in [1.165, 1.54) is 28.4 Å². The van der Waals surface area contributed by atoms with Crippen LogP contribution < -0.4 is 4.90 Å². The van der Waals surface area contributed by atoms with Gasteiger partial charge in [-0.2, -0.15) is 0 Å². The quantitative estimate of drug-likeness (QED) is 0.320. The number of carbonyl (C=O) groups excluding carboxylic acids is 2. The van der Waals surface area contributed by atoms with Gasteiger partial charge in [0, 0.05) is 11.3 Å². The van der Waals surface area contributed by atoms with Gasteiger partial charge < -0.3 is 10.2 Å². The fourth-order valence-electron chi connectivity index (χ4n) is 4.47. The molecular formula is C29H24N2O4S. The van der Waals surface area contributed by atoms with Gasteiger partial charge in [-0.05, 0) is 55.7 Å². The maximum Gasteiger partial charge on any atom is 0.294 e. The molecule has 7 heteroatoms. The minimum absolute atomic E-state index is 0.00189. The van der Waals surface area contributed by atoms with Crippen molar-refractivity contribution in [3.8, 4) is 16.3 Å². The van der Waals surface area contributed by atoms with E-state index in [9.17, 15) is 19.8 Å². The highest BCUT2D eigenvalue weighted by atomic mass is 32.1. The lowest BCUT2D eigenvalue weighted by Gasteiger charge is -2.28. The minimum atomic E-state index is -0.868. The molecule has 0 saturated heterocycles. The monoisotopic (exact) mass is 496 g/mol. The van der Waals surface area contributed by atoms with E-state index >= 15 is 0 Å². The first-order chi connectivity index (χ1) is 17.3. The second-order valence-electron chi connectivity index (χ2n) is 8.85. The molecule has 2 heterocycles. The lowest BCUT2D eigenvalue weighted by atomic mass is 9.94.